The third kappa shape index (κ3) is 6.69. The number of urea groups is 1. The van der Waals surface area contributed by atoms with Crippen molar-refractivity contribution in [2.24, 2.45) is 5.73 Å². The fraction of sp³-hybridized carbons (Fsp3) is 0.529. The second kappa shape index (κ2) is 9.84. The van der Waals surface area contributed by atoms with Gasteiger partial charge in [0.15, 0.2) is 0 Å². The molecule has 0 aliphatic carbocycles. The summed E-state index contributed by atoms with van der Waals surface area (Å²) in [5, 5.41) is 8.39. The van der Waals surface area contributed by atoms with Gasteiger partial charge in [-0.2, -0.15) is 0 Å². The molecule has 1 aromatic carbocycles. The molecule has 6 heteroatoms. The van der Waals surface area contributed by atoms with E-state index >= 15 is 0 Å². The van der Waals surface area contributed by atoms with E-state index in [9.17, 15) is 9.59 Å². The van der Waals surface area contributed by atoms with Crippen molar-refractivity contribution in [2.45, 2.75) is 52.1 Å². The van der Waals surface area contributed by atoms with Crippen LogP contribution in [0, 0.1) is 0 Å². The van der Waals surface area contributed by atoms with E-state index in [0.717, 1.165) is 19.3 Å². The predicted molar refractivity (Wildman–Crippen MR) is 93.6 cm³/mol. The molecule has 0 aromatic heterocycles. The lowest BCUT2D eigenvalue weighted by molar-refractivity contribution is 0.0936. The lowest BCUT2D eigenvalue weighted by Crippen LogP contribution is -2.40. The van der Waals surface area contributed by atoms with Crippen LogP contribution >= 0.6 is 0 Å². The van der Waals surface area contributed by atoms with E-state index in [1.807, 2.05) is 13.8 Å². The fourth-order valence-electron chi connectivity index (χ4n) is 2.17. The van der Waals surface area contributed by atoms with Crippen molar-refractivity contribution in [2.75, 3.05) is 11.9 Å². The Morgan fingerprint density at radius 3 is 2.48 bits per heavy atom. The lowest BCUT2D eigenvalue weighted by Gasteiger charge is -2.18. The summed E-state index contributed by atoms with van der Waals surface area (Å²) in [6.07, 6.45) is 2.92. The Kier molecular flexibility index (Phi) is 8.11. The highest BCUT2D eigenvalue weighted by atomic mass is 16.2. The molecule has 128 valence electrons. The highest BCUT2D eigenvalue weighted by Crippen LogP contribution is 2.15. The van der Waals surface area contributed by atoms with E-state index < -0.39 is 0 Å². The summed E-state index contributed by atoms with van der Waals surface area (Å²) in [5.74, 6) is -0.225. The number of benzene rings is 1. The molecule has 0 spiro atoms. The van der Waals surface area contributed by atoms with Gasteiger partial charge in [0, 0.05) is 18.6 Å². The molecule has 1 atom stereocenters. The number of hydrogen-bond acceptors (Lipinski definition) is 3. The molecule has 5 N–H and O–H groups in total. The van der Waals surface area contributed by atoms with Crippen LogP contribution in [-0.4, -0.2) is 30.6 Å². The molecule has 1 aromatic rings. The van der Waals surface area contributed by atoms with Gasteiger partial charge in [-0.25, -0.2) is 4.79 Å². The molecule has 0 bridgehead atoms. The van der Waals surface area contributed by atoms with Gasteiger partial charge in [-0.15, -0.1) is 0 Å². The first-order valence-corrected chi connectivity index (χ1v) is 8.15. The number of anilines is 1. The Hall–Kier alpha value is -2.08. The molecule has 0 heterocycles. The van der Waals surface area contributed by atoms with Crippen molar-refractivity contribution >= 4 is 17.6 Å². The third-order valence-corrected chi connectivity index (χ3v) is 3.37. The number of amides is 3. The van der Waals surface area contributed by atoms with Gasteiger partial charge in [0.25, 0.3) is 5.91 Å². The first kappa shape index (κ1) is 19.0. The van der Waals surface area contributed by atoms with Crippen LogP contribution in [0.15, 0.2) is 24.3 Å². The Morgan fingerprint density at radius 2 is 1.87 bits per heavy atom. The summed E-state index contributed by atoms with van der Waals surface area (Å²) in [7, 11) is 0. The van der Waals surface area contributed by atoms with Gasteiger partial charge in [0.2, 0.25) is 0 Å². The molecule has 0 saturated heterocycles. The quantitative estimate of drug-likeness (QED) is 0.592. The van der Waals surface area contributed by atoms with Crippen LogP contribution in [0.3, 0.4) is 0 Å². The number of unbranched alkanes of at least 4 members (excludes halogenated alkanes) is 1. The van der Waals surface area contributed by atoms with Crippen molar-refractivity contribution < 1.29 is 9.59 Å². The number of para-hydroxylation sites is 1. The van der Waals surface area contributed by atoms with Gasteiger partial charge in [0.1, 0.15) is 0 Å². The zero-order valence-electron chi connectivity index (χ0n) is 14.2. The molecule has 0 radical (unpaired) electrons. The maximum Gasteiger partial charge on any atom is 0.319 e. The fourth-order valence-corrected chi connectivity index (χ4v) is 2.17. The molecular formula is C17H28N4O2. The molecule has 1 unspecified atom stereocenters. The number of nitrogens with one attached hydrogen (secondary N) is 3. The third-order valence-electron chi connectivity index (χ3n) is 3.37. The molecule has 3 amide bonds. The summed E-state index contributed by atoms with van der Waals surface area (Å²) < 4.78 is 0. The number of nitrogens with two attached hydrogens (primary N) is 1. The summed E-state index contributed by atoms with van der Waals surface area (Å²) in [6.45, 7) is 6.24. The van der Waals surface area contributed by atoms with Gasteiger partial charge in [0.05, 0.1) is 11.3 Å². The van der Waals surface area contributed by atoms with Crippen molar-refractivity contribution in [3.05, 3.63) is 29.8 Å². The van der Waals surface area contributed by atoms with Gasteiger partial charge in [-0.3, -0.25) is 4.79 Å². The Bertz CT molecular complexity index is 517. The largest absolute Gasteiger partial charge is 0.348 e. The zero-order valence-corrected chi connectivity index (χ0v) is 14.2. The van der Waals surface area contributed by atoms with Gasteiger partial charge >= 0.3 is 6.03 Å². The predicted octanol–water partition coefficient (Wildman–Crippen LogP) is 2.46. The van der Waals surface area contributed by atoms with Crippen LogP contribution in [0.2, 0.25) is 0 Å². The molecule has 0 saturated carbocycles. The SMILES string of the molecule is CCCCC(CN)NC(=O)c1ccccc1NC(=O)NC(C)C. The monoisotopic (exact) mass is 320 g/mol. The average molecular weight is 320 g/mol. The van der Waals surface area contributed by atoms with Crippen molar-refractivity contribution in [1.29, 1.82) is 0 Å². The first-order chi connectivity index (χ1) is 11.0. The Morgan fingerprint density at radius 1 is 1.17 bits per heavy atom. The smallest absolute Gasteiger partial charge is 0.319 e. The summed E-state index contributed by atoms with van der Waals surface area (Å²) in [5.41, 5.74) is 6.63. The number of carbonyl (C=O) groups is 2. The van der Waals surface area contributed by atoms with Crippen LogP contribution in [0.5, 0.6) is 0 Å². The highest BCUT2D eigenvalue weighted by molar-refractivity contribution is 6.03. The van der Waals surface area contributed by atoms with E-state index in [2.05, 4.69) is 22.9 Å². The highest BCUT2D eigenvalue weighted by Gasteiger charge is 2.16. The minimum Gasteiger partial charge on any atom is -0.348 e. The standard InChI is InChI=1S/C17H28N4O2/c1-4-5-8-13(11-18)20-16(22)14-9-6-7-10-15(14)21-17(23)19-12(2)3/h6-7,9-10,12-13H,4-5,8,11,18H2,1-3H3,(H,20,22)(H2,19,21,23). The van der Waals surface area contributed by atoms with Gasteiger partial charge < -0.3 is 21.7 Å². The van der Waals surface area contributed by atoms with Crippen LogP contribution in [0.4, 0.5) is 10.5 Å². The van der Waals surface area contributed by atoms with Gasteiger partial charge in [-0.05, 0) is 32.4 Å². The second-order valence-electron chi connectivity index (χ2n) is 5.85. The molecule has 0 fully saturated rings. The lowest BCUT2D eigenvalue weighted by atomic mass is 10.1. The van der Waals surface area contributed by atoms with Crippen LogP contribution < -0.4 is 21.7 Å². The maximum atomic E-state index is 12.5. The van der Waals surface area contributed by atoms with E-state index in [-0.39, 0.29) is 24.0 Å². The molecule has 1 rings (SSSR count). The second-order valence-corrected chi connectivity index (χ2v) is 5.85. The van der Waals surface area contributed by atoms with Crippen molar-refractivity contribution in [1.82, 2.24) is 10.6 Å². The van der Waals surface area contributed by atoms with Crippen LogP contribution in [0.1, 0.15) is 50.4 Å². The van der Waals surface area contributed by atoms with Crippen molar-refractivity contribution in [3.63, 3.8) is 0 Å². The van der Waals surface area contributed by atoms with E-state index in [1.54, 1.807) is 24.3 Å². The van der Waals surface area contributed by atoms with Crippen LogP contribution in [-0.2, 0) is 0 Å². The summed E-state index contributed by atoms with van der Waals surface area (Å²) in [6, 6.07) is 6.57. The summed E-state index contributed by atoms with van der Waals surface area (Å²) in [4.78, 5) is 24.3. The number of hydrogen-bond donors (Lipinski definition) is 4. The zero-order chi connectivity index (χ0) is 17.2. The number of rotatable bonds is 8. The molecular weight excluding hydrogens is 292 g/mol. The minimum atomic E-state index is -0.332. The van der Waals surface area contributed by atoms with E-state index in [0.29, 0.717) is 17.8 Å². The summed E-state index contributed by atoms with van der Waals surface area (Å²) >= 11 is 0. The first-order valence-electron chi connectivity index (χ1n) is 8.15. The Balaban J connectivity index is 2.78. The van der Waals surface area contributed by atoms with Crippen molar-refractivity contribution in [3.8, 4) is 0 Å². The molecule has 0 aliphatic heterocycles. The number of carbonyl (C=O) groups excluding carboxylic acids is 2. The average Bonchev–Trinajstić information content (AvgIpc) is 2.50. The van der Waals surface area contributed by atoms with E-state index in [1.165, 1.54) is 0 Å². The van der Waals surface area contributed by atoms with Crippen LogP contribution in [0.25, 0.3) is 0 Å². The molecule has 0 aliphatic rings. The topological polar surface area (TPSA) is 96.2 Å². The normalized spacial score (nSPS) is 11.9. The van der Waals surface area contributed by atoms with E-state index in [4.69, 9.17) is 5.73 Å². The Labute approximate surface area is 138 Å². The molecule has 23 heavy (non-hydrogen) atoms. The van der Waals surface area contributed by atoms with Gasteiger partial charge in [-0.1, -0.05) is 31.9 Å². The minimum absolute atomic E-state index is 0.0200. The molecule has 6 nitrogen and oxygen atoms in total. The maximum absolute atomic E-state index is 12.5.